The second-order valence-electron chi connectivity index (χ2n) is 4.00. The minimum absolute atomic E-state index is 0.473. The molecule has 3 N–H and O–H groups in total. The molecule has 0 fully saturated rings. The Hall–Kier alpha value is -0.960. The summed E-state index contributed by atoms with van der Waals surface area (Å²) >= 11 is 6.66. The molecule has 19 heavy (non-hydrogen) atoms. The SMILES string of the molecule is NNc1nc(-c2cc(Br)c(Br)o2)nc2c1COCC2. The Morgan fingerprint density at radius 2 is 2.16 bits per heavy atom. The normalized spacial score (nSPS) is 14.3. The van der Waals surface area contributed by atoms with Crippen LogP contribution in [0.3, 0.4) is 0 Å². The molecule has 3 rings (SSSR count). The largest absolute Gasteiger partial charge is 0.445 e. The molecule has 0 atom stereocenters. The highest BCUT2D eigenvalue weighted by Crippen LogP contribution is 2.33. The van der Waals surface area contributed by atoms with E-state index in [1.54, 1.807) is 0 Å². The van der Waals surface area contributed by atoms with Gasteiger partial charge in [0.25, 0.3) is 0 Å². The van der Waals surface area contributed by atoms with Gasteiger partial charge in [-0.05, 0) is 31.9 Å². The van der Waals surface area contributed by atoms with Crippen molar-refractivity contribution < 1.29 is 9.15 Å². The van der Waals surface area contributed by atoms with Crippen LogP contribution in [0.1, 0.15) is 11.3 Å². The Morgan fingerprint density at radius 1 is 1.32 bits per heavy atom. The molecule has 1 aliphatic heterocycles. The third kappa shape index (κ3) is 2.40. The molecule has 2 aromatic heterocycles. The van der Waals surface area contributed by atoms with Crippen molar-refractivity contribution >= 4 is 37.7 Å². The van der Waals surface area contributed by atoms with Crippen molar-refractivity contribution in [1.29, 1.82) is 0 Å². The molecule has 2 aromatic rings. The van der Waals surface area contributed by atoms with Crippen molar-refractivity contribution in [3.05, 3.63) is 26.5 Å². The molecule has 0 radical (unpaired) electrons. The lowest BCUT2D eigenvalue weighted by atomic mass is 10.1. The van der Waals surface area contributed by atoms with Crippen LogP contribution in [0.25, 0.3) is 11.6 Å². The molecular weight excluding hydrogens is 380 g/mol. The Bertz CT molecular complexity index is 593. The average Bonchev–Trinajstić information content (AvgIpc) is 2.77. The van der Waals surface area contributed by atoms with Gasteiger partial charge in [-0.25, -0.2) is 15.8 Å². The fourth-order valence-corrected chi connectivity index (χ4v) is 2.50. The van der Waals surface area contributed by atoms with Crippen molar-refractivity contribution in [2.75, 3.05) is 12.0 Å². The summed E-state index contributed by atoms with van der Waals surface area (Å²) in [4.78, 5) is 8.89. The second-order valence-corrected chi connectivity index (χ2v) is 5.57. The molecule has 0 bridgehead atoms. The maximum atomic E-state index is 5.54. The van der Waals surface area contributed by atoms with E-state index in [1.165, 1.54) is 0 Å². The highest BCUT2D eigenvalue weighted by Gasteiger charge is 2.20. The maximum Gasteiger partial charge on any atom is 0.198 e. The van der Waals surface area contributed by atoms with Gasteiger partial charge in [0.1, 0.15) is 5.82 Å². The van der Waals surface area contributed by atoms with Crippen molar-refractivity contribution in [3.63, 3.8) is 0 Å². The number of nitrogens with one attached hydrogen (secondary N) is 1. The van der Waals surface area contributed by atoms with Gasteiger partial charge in [-0.2, -0.15) is 0 Å². The number of rotatable bonds is 2. The molecule has 0 unspecified atom stereocenters. The van der Waals surface area contributed by atoms with E-state index in [0.717, 1.165) is 22.2 Å². The molecule has 6 nitrogen and oxygen atoms in total. The predicted molar refractivity (Wildman–Crippen MR) is 76.3 cm³/mol. The minimum atomic E-state index is 0.473. The summed E-state index contributed by atoms with van der Waals surface area (Å²) in [7, 11) is 0. The number of fused-ring (bicyclic) bond motifs is 1. The van der Waals surface area contributed by atoms with Crippen LogP contribution >= 0.6 is 31.9 Å². The van der Waals surface area contributed by atoms with Crippen LogP contribution in [0.15, 0.2) is 19.6 Å². The Kier molecular flexibility index (Phi) is 3.57. The van der Waals surface area contributed by atoms with Crippen LogP contribution < -0.4 is 11.3 Å². The number of hydrazine groups is 1. The van der Waals surface area contributed by atoms with Crippen molar-refractivity contribution in [3.8, 4) is 11.6 Å². The average molecular weight is 390 g/mol. The number of nitrogens with zero attached hydrogens (tertiary/aromatic N) is 2. The van der Waals surface area contributed by atoms with Crippen LogP contribution in [0.5, 0.6) is 0 Å². The van der Waals surface area contributed by atoms with Gasteiger partial charge in [0.15, 0.2) is 16.3 Å². The number of halogens is 2. The summed E-state index contributed by atoms with van der Waals surface area (Å²) in [5.74, 6) is 7.16. The number of nitrogens with two attached hydrogens (primary N) is 1. The minimum Gasteiger partial charge on any atom is -0.445 e. The van der Waals surface area contributed by atoms with Crippen LogP contribution in [-0.2, 0) is 17.8 Å². The second kappa shape index (κ2) is 5.20. The van der Waals surface area contributed by atoms with E-state index in [-0.39, 0.29) is 0 Å². The number of hydrogen-bond acceptors (Lipinski definition) is 6. The van der Waals surface area contributed by atoms with Gasteiger partial charge in [-0.15, -0.1) is 0 Å². The molecule has 0 amide bonds. The van der Waals surface area contributed by atoms with E-state index in [2.05, 4.69) is 47.3 Å². The van der Waals surface area contributed by atoms with E-state index in [1.807, 2.05) is 6.07 Å². The van der Waals surface area contributed by atoms with Crippen molar-refractivity contribution in [1.82, 2.24) is 9.97 Å². The van der Waals surface area contributed by atoms with Gasteiger partial charge in [0, 0.05) is 18.1 Å². The van der Waals surface area contributed by atoms with Gasteiger partial charge in [0.05, 0.1) is 23.4 Å². The fraction of sp³-hybridized carbons (Fsp3) is 0.273. The smallest absolute Gasteiger partial charge is 0.198 e. The number of anilines is 1. The molecule has 0 saturated carbocycles. The van der Waals surface area contributed by atoms with Crippen molar-refractivity contribution in [2.24, 2.45) is 5.84 Å². The van der Waals surface area contributed by atoms with Gasteiger partial charge in [-0.3, -0.25) is 0 Å². The van der Waals surface area contributed by atoms with Gasteiger partial charge >= 0.3 is 0 Å². The molecule has 100 valence electrons. The number of hydrogen-bond donors (Lipinski definition) is 2. The monoisotopic (exact) mass is 388 g/mol. The first-order valence-electron chi connectivity index (χ1n) is 5.58. The van der Waals surface area contributed by atoms with Gasteiger partial charge in [0.2, 0.25) is 0 Å². The maximum absolute atomic E-state index is 5.54. The number of aromatic nitrogens is 2. The molecule has 0 aliphatic carbocycles. The molecule has 0 spiro atoms. The quantitative estimate of drug-likeness (QED) is 0.606. The van der Waals surface area contributed by atoms with Crippen LogP contribution in [0.2, 0.25) is 0 Å². The summed E-state index contributed by atoms with van der Waals surface area (Å²) in [6.07, 6.45) is 0.739. The zero-order valence-electron chi connectivity index (χ0n) is 9.74. The third-order valence-corrected chi connectivity index (χ3v) is 4.53. The molecule has 0 saturated heterocycles. The summed E-state index contributed by atoms with van der Waals surface area (Å²) < 4.78 is 12.3. The first kappa shape index (κ1) is 13.0. The van der Waals surface area contributed by atoms with Crippen LogP contribution in [0, 0.1) is 0 Å². The summed E-state index contributed by atoms with van der Waals surface area (Å²) in [6, 6.07) is 1.81. The van der Waals surface area contributed by atoms with Crippen LogP contribution in [0.4, 0.5) is 5.82 Å². The Balaban J connectivity index is 2.11. The van der Waals surface area contributed by atoms with Gasteiger partial charge < -0.3 is 14.6 Å². The molecule has 1 aliphatic rings. The Labute approximate surface area is 126 Å². The molecule has 0 aromatic carbocycles. The van der Waals surface area contributed by atoms with E-state index < -0.39 is 0 Å². The lowest BCUT2D eigenvalue weighted by Gasteiger charge is -2.18. The Morgan fingerprint density at radius 3 is 2.84 bits per heavy atom. The lowest BCUT2D eigenvalue weighted by Crippen LogP contribution is -2.19. The number of ether oxygens (including phenoxy) is 1. The molecule has 8 heteroatoms. The van der Waals surface area contributed by atoms with Crippen LogP contribution in [-0.4, -0.2) is 16.6 Å². The summed E-state index contributed by atoms with van der Waals surface area (Å²) in [5.41, 5.74) is 4.43. The third-order valence-electron chi connectivity index (χ3n) is 2.82. The number of furan rings is 1. The topological polar surface area (TPSA) is 86.2 Å². The summed E-state index contributed by atoms with van der Waals surface area (Å²) in [6.45, 7) is 1.12. The fourth-order valence-electron chi connectivity index (χ4n) is 1.92. The zero-order valence-corrected chi connectivity index (χ0v) is 12.9. The summed E-state index contributed by atoms with van der Waals surface area (Å²) in [5, 5.41) is 0. The lowest BCUT2D eigenvalue weighted by molar-refractivity contribution is 0.109. The van der Waals surface area contributed by atoms with Gasteiger partial charge in [-0.1, -0.05) is 0 Å². The predicted octanol–water partition coefficient (Wildman–Crippen LogP) is 2.62. The zero-order chi connectivity index (χ0) is 13.4. The highest BCUT2D eigenvalue weighted by atomic mass is 79.9. The first-order chi connectivity index (χ1) is 9.19. The van der Waals surface area contributed by atoms with E-state index in [9.17, 15) is 0 Å². The van der Waals surface area contributed by atoms with Crippen molar-refractivity contribution in [2.45, 2.75) is 13.0 Å². The van der Waals surface area contributed by atoms with E-state index in [4.69, 9.17) is 15.0 Å². The van der Waals surface area contributed by atoms with E-state index in [0.29, 0.717) is 35.3 Å². The number of nitrogen functional groups attached to an aromatic ring is 1. The molecular formula is C11H10Br2N4O2. The standard InChI is InChI=1S/C11H10Br2N4O2/c12-6-3-8(19-9(6)13)11-15-7-1-2-18-4-5(7)10(16-11)17-14/h3H,1-2,4,14H2,(H,15,16,17). The van der Waals surface area contributed by atoms with E-state index >= 15 is 0 Å². The highest BCUT2D eigenvalue weighted by molar-refractivity contribution is 9.13. The molecule has 3 heterocycles. The first-order valence-corrected chi connectivity index (χ1v) is 7.17.